The maximum Gasteiger partial charge on any atom is 0.312 e. The summed E-state index contributed by atoms with van der Waals surface area (Å²) in [6, 6.07) is 70.1. The summed E-state index contributed by atoms with van der Waals surface area (Å²) < 4.78 is 36.4. The maximum atomic E-state index is 12.9. The Hall–Kier alpha value is -8.64. The minimum absolute atomic E-state index is 0.0124. The Kier molecular flexibility index (Phi) is 40.1. The molecular formula is C116H168O12. The van der Waals surface area contributed by atoms with Crippen molar-refractivity contribution < 1.29 is 57.2 Å². The van der Waals surface area contributed by atoms with Crippen molar-refractivity contribution in [2.45, 2.75) is 375 Å². The Morgan fingerprint density at radius 2 is 0.555 bits per heavy atom. The van der Waals surface area contributed by atoms with Crippen LogP contribution in [0.15, 0.2) is 212 Å². The first-order valence-corrected chi connectivity index (χ1v) is 49.1. The van der Waals surface area contributed by atoms with Gasteiger partial charge in [0, 0.05) is 17.0 Å². The fourth-order valence-electron chi connectivity index (χ4n) is 18.4. The van der Waals surface area contributed by atoms with Crippen molar-refractivity contribution >= 4 is 35.8 Å². The molecule has 0 heterocycles. The van der Waals surface area contributed by atoms with E-state index in [4.69, 9.17) is 28.4 Å². The molecule has 0 amide bonds. The largest absolute Gasteiger partial charge is 0.459 e. The number of esters is 6. The Morgan fingerprint density at radius 3 is 0.867 bits per heavy atom. The zero-order chi connectivity index (χ0) is 95.3. The van der Waals surface area contributed by atoms with E-state index in [0.717, 1.165) is 147 Å². The molecule has 1 atom stereocenters. The van der Waals surface area contributed by atoms with Crippen LogP contribution in [0.2, 0.25) is 0 Å². The molecule has 5 aliphatic rings. The van der Waals surface area contributed by atoms with Gasteiger partial charge in [0.2, 0.25) is 0 Å². The van der Waals surface area contributed by atoms with Gasteiger partial charge in [0.1, 0.15) is 22.4 Å². The molecule has 0 saturated heterocycles. The average Bonchev–Trinajstić information content (AvgIpc) is 0.737. The summed E-state index contributed by atoms with van der Waals surface area (Å²) in [4.78, 5) is 75.5. The molecule has 1 unspecified atom stereocenters. The van der Waals surface area contributed by atoms with Crippen molar-refractivity contribution in [1.29, 1.82) is 0 Å². The molecule has 7 aromatic rings. The summed E-state index contributed by atoms with van der Waals surface area (Å²) in [6.07, 6.45) is 25.5. The van der Waals surface area contributed by atoms with E-state index in [1.165, 1.54) is 57.8 Å². The summed E-state index contributed by atoms with van der Waals surface area (Å²) in [6.45, 7) is 54.2. The highest BCUT2D eigenvalue weighted by Gasteiger charge is 2.55. The van der Waals surface area contributed by atoms with Crippen molar-refractivity contribution in [3.8, 4) is 0 Å². The van der Waals surface area contributed by atoms with Crippen LogP contribution in [0.5, 0.6) is 0 Å². The van der Waals surface area contributed by atoms with Gasteiger partial charge in [-0.15, -0.1) is 0 Å². The molecular weight excluding hydrogens is 1590 g/mol. The van der Waals surface area contributed by atoms with Gasteiger partial charge in [-0.3, -0.25) is 28.8 Å². The van der Waals surface area contributed by atoms with Crippen LogP contribution in [0.4, 0.5) is 0 Å². The van der Waals surface area contributed by atoms with E-state index in [-0.39, 0.29) is 46.8 Å². The van der Waals surface area contributed by atoms with E-state index < -0.39 is 55.1 Å². The van der Waals surface area contributed by atoms with Crippen LogP contribution in [-0.2, 0) is 85.2 Å². The van der Waals surface area contributed by atoms with Crippen LogP contribution in [0.25, 0.3) is 0 Å². The molecule has 12 rings (SSSR count). The van der Waals surface area contributed by atoms with Crippen LogP contribution in [0.1, 0.15) is 380 Å². The lowest BCUT2D eigenvalue weighted by Gasteiger charge is -2.59. The molecule has 7 aromatic carbocycles. The molecule has 0 aliphatic heterocycles. The summed E-state index contributed by atoms with van der Waals surface area (Å²) in [5.41, 5.74) is 1.75. The van der Waals surface area contributed by atoms with Crippen LogP contribution < -0.4 is 0 Å². The Labute approximate surface area is 775 Å². The predicted molar refractivity (Wildman–Crippen MR) is 526 cm³/mol. The first kappa shape index (κ1) is 108. The molecule has 12 heteroatoms. The third kappa shape index (κ3) is 28.0. The molecule has 0 aromatic heterocycles. The summed E-state index contributed by atoms with van der Waals surface area (Å²) in [5, 5.41) is 0. The van der Waals surface area contributed by atoms with Crippen LogP contribution in [0, 0.1) is 61.6 Å². The molecule has 704 valence electrons. The van der Waals surface area contributed by atoms with E-state index in [1.54, 1.807) is 0 Å². The van der Waals surface area contributed by atoms with Crippen LogP contribution in [0.3, 0.4) is 0 Å². The van der Waals surface area contributed by atoms with Gasteiger partial charge in [0.15, 0.2) is 11.2 Å². The van der Waals surface area contributed by atoms with Crippen molar-refractivity contribution in [1.82, 2.24) is 0 Å². The smallest absolute Gasteiger partial charge is 0.312 e. The molecule has 0 radical (unpaired) electrons. The lowest BCUT2D eigenvalue weighted by atomic mass is 9.47. The fourth-order valence-corrected chi connectivity index (χ4v) is 18.4. The number of rotatable bonds is 34. The van der Waals surface area contributed by atoms with Crippen LogP contribution >= 0.6 is 0 Å². The second-order valence-electron chi connectivity index (χ2n) is 41.8. The zero-order valence-corrected chi connectivity index (χ0v) is 84.4. The van der Waals surface area contributed by atoms with Gasteiger partial charge in [0.05, 0.1) is 32.5 Å². The van der Waals surface area contributed by atoms with Crippen molar-refractivity contribution in [2.75, 3.05) is 0 Å². The Bertz CT molecular complexity index is 4360. The number of hydrogen-bond donors (Lipinski definition) is 0. The number of hydrogen-bond acceptors (Lipinski definition) is 12. The molecule has 128 heavy (non-hydrogen) atoms. The standard InChI is InChI=1S/C22H38O2.C21H32O2.C21H26O2.C20H24O2.C17H26O2.C15H22O2/c1-6-20(4,5)19(23)24-22(7-2,8-3)15-21-12-16-9-17(13-21)11-18(10-16)14-21;2*1-5-20(3,4)19(22)23-21(6-2,17-13-9-7-10-14-17)18-15-11-8-12-16-18;1-5-19(2,3)18(21)22-20(4,16-12-8-6-9-13-16)17-14-10-7-11-15-17;1-6-16(4,5)15(18)19-17(7-2,8-3)14-12-10-9-11-13-14;1-6-14(2,3)13(16)17-15(4,5)12-10-8-7-9-11-12/h16-18H,6-15H2,1-5H3;7,9-10,13-14,18H,5-6,8,11-12,15-16H2,1-4H3;7-16H,5-6H2,1-4H3;6-15H,5H2,1-4H3;9-13H,6-8H2,1-5H3;7-11H,6H2,1-5H3. The van der Waals surface area contributed by atoms with E-state index in [9.17, 15) is 28.8 Å². The van der Waals surface area contributed by atoms with Gasteiger partial charge in [-0.2, -0.15) is 0 Å². The Balaban J connectivity index is 0.000000238. The maximum absolute atomic E-state index is 12.9. The van der Waals surface area contributed by atoms with Crippen molar-refractivity contribution in [3.63, 3.8) is 0 Å². The first-order valence-electron chi connectivity index (χ1n) is 49.1. The quantitative estimate of drug-likeness (QED) is 0.0278. The van der Waals surface area contributed by atoms with Gasteiger partial charge >= 0.3 is 35.8 Å². The lowest BCUT2D eigenvalue weighted by molar-refractivity contribution is -0.182. The van der Waals surface area contributed by atoms with Crippen molar-refractivity contribution in [3.05, 3.63) is 251 Å². The highest BCUT2D eigenvalue weighted by molar-refractivity contribution is 5.79. The van der Waals surface area contributed by atoms with Gasteiger partial charge in [-0.25, -0.2) is 0 Å². The number of carbonyl (C=O) groups excluding carboxylic acids is 6. The summed E-state index contributed by atoms with van der Waals surface area (Å²) >= 11 is 0. The number of benzene rings is 7. The fraction of sp³-hybridized carbons (Fsp3) is 0.586. The van der Waals surface area contributed by atoms with Gasteiger partial charge in [-0.05, 0) is 290 Å². The van der Waals surface area contributed by atoms with Crippen LogP contribution in [-0.4, -0.2) is 41.4 Å². The molecule has 5 aliphatic carbocycles. The third-order valence-electron chi connectivity index (χ3n) is 30.1. The molecule has 12 nitrogen and oxygen atoms in total. The summed E-state index contributed by atoms with van der Waals surface area (Å²) in [7, 11) is 0. The first-order chi connectivity index (χ1) is 60.3. The number of ether oxygens (including phenoxy) is 6. The highest BCUT2D eigenvalue weighted by Crippen LogP contribution is 2.63. The topological polar surface area (TPSA) is 158 Å². The molecule has 0 N–H and O–H groups in total. The van der Waals surface area contributed by atoms with E-state index in [0.29, 0.717) is 17.8 Å². The van der Waals surface area contributed by atoms with Gasteiger partial charge in [0.25, 0.3) is 0 Å². The monoisotopic (exact) mass is 1750 g/mol. The van der Waals surface area contributed by atoms with E-state index in [1.807, 2.05) is 320 Å². The third-order valence-corrected chi connectivity index (χ3v) is 30.1. The lowest BCUT2D eigenvalue weighted by Crippen LogP contribution is -2.51. The average molecular weight is 1750 g/mol. The number of carbonyl (C=O) groups is 6. The molecule has 0 spiro atoms. The van der Waals surface area contributed by atoms with Crippen molar-refractivity contribution in [2.24, 2.45) is 61.6 Å². The molecule has 5 fully saturated rings. The second kappa shape index (κ2) is 47.4. The molecule has 5 saturated carbocycles. The minimum Gasteiger partial charge on any atom is -0.459 e. The highest BCUT2D eigenvalue weighted by atomic mass is 16.6. The summed E-state index contributed by atoms with van der Waals surface area (Å²) in [5.74, 6) is 2.69. The van der Waals surface area contributed by atoms with E-state index >= 15 is 0 Å². The SMILES string of the molecule is CCC(C)(C)C(=O)OC(C)(C)c1ccccc1.CCC(C)(C)C(=O)OC(C)(c1ccccc1)c1ccccc1.CCC(C)(C)C(=O)OC(CC)(CC)c1ccccc1.CCC(C)(C)C(=O)OC(CC)(c1ccccc1)C1CCCCC1.CCC(C)(C)C(=O)OC(CC)(c1ccccc1)c1ccccc1.CCC(CC)(CC12CC3CC(CC(C3)C1)C2)OC(=O)C(C)(C)CC. The Morgan fingerprint density at radius 1 is 0.273 bits per heavy atom. The van der Waals surface area contributed by atoms with E-state index in [2.05, 4.69) is 79.7 Å². The van der Waals surface area contributed by atoms with Gasteiger partial charge in [-0.1, -0.05) is 315 Å². The second-order valence-corrected chi connectivity index (χ2v) is 41.8. The normalized spacial score (nSPS) is 17.7. The predicted octanol–water partition coefficient (Wildman–Crippen LogP) is 30.8. The minimum atomic E-state index is -0.786. The zero-order valence-electron chi connectivity index (χ0n) is 84.4. The van der Waals surface area contributed by atoms with Gasteiger partial charge < -0.3 is 28.4 Å². The molecule has 4 bridgehead atoms.